The lowest BCUT2D eigenvalue weighted by Crippen LogP contribution is -2.30. The van der Waals surface area contributed by atoms with Gasteiger partial charge < -0.3 is 10.6 Å². The van der Waals surface area contributed by atoms with E-state index < -0.39 is 5.91 Å². The van der Waals surface area contributed by atoms with Gasteiger partial charge in [-0.05, 0) is 17.5 Å². The van der Waals surface area contributed by atoms with Gasteiger partial charge in [-0.15, -0.1) is 0 Å². The standard InChI is InChI=1S/C13H13N3OS/c14-12(17)11-7-15-13(18-11)16-6-5-9-3-1-2-4-10(9)8-16/h1-4,7H,5-6,8H2,(H2,14,17). The Balaban J connectivity index is 1.85. The van der Waals surface area contributed by atoms with Crippen LogP contribution in [0.1, 0.15) is 20.8 Å². The van der Waals surface area contributed by atoms with E-state index in [1.54, 1.807) is 6.20 Å². The van der Waals surface area contributed by atoms with Gasteiger partial charge in [0.25, 0.3) is 5.91 Å². The van der Waals surface area contributed by atoms with Gasteiger partial charge in [0.1, 0.15) is 4.88 Å². The van der Waals surface area contributed by atoms with Crippen LogP contribution in [0, 0.1) is 0 Å². The highest BCUT2D eigenvalue weighted by atomic mass is 32.1. The van der Waals surface area contributed by atoms with Crippen LogP contribution in [0.15, 0.2) is 30.5 Å². The molecule has 0 fully saturated rings. The number of hydrogen-bond donors (Lipinski definition) is 1. The molecule has 2 aromatic rings. The number of aromatic nitrogens is 1. The van der Waals surface area contributed by atoms with E-state index in [2.05, 4.69) is 34.1 Å². The van der Waals surface area contributed by atoms with Gasteiger partial charge >= 0.3 is 0 Å². The Kier molecular flexibility index (Phi) is 2.76. The summed E-state index contributed by atoms with van der Waals surface area (Å²) in [6.45, 7) is 1.78. The van der Waals surface area contributed by atoms with Crippen molar-refractivity contribution in [3.63, 3.8) is 0 Å². The molecule has 2 heterocycles. The number of hydrogen-bond acceptors (Lipinski definition) is 4. The van der Waals surface area contributed by atoms with Crippen LogP contribution in [0.4, 0.5) is 5.13 Å². The van der Waals surface area contributed by atoms with Gasteiger partial charge in [0, 0.05) is 13.1 Å². The van der Waals surface area contributed by atoms with Crippen molar-refractivity contribution in [3.05, 3.63) is 46.5 Å². The monoisotopic (exact) mass is 259 g/mol. The number of carbonyl (C=O) groups is 1. The number of fused-ring (bicyclic) bond motifs is 1. The second kappa shape index (κ2) is 4.42. The molecule has 1 aromatic carbocycles. The maximum atomic E-state index is 11.1. The van der Waals surface area contributed by atoms with Gasteiger partial charge in [0.2, 0.25) is 0 Å². The summed E-state index contributed by atoms with van der Waals surface area (Å²) >= 11 is 1.36. The molecule has 1 aliphatic rings. The van der Waals surface area contributed by atoms with Crippen LogP contribution >= 0.6 is 11.3 Å². The van der Waals surface area contributed by atoms with Crippen molar-refractivity contribution in [2.45, 2.75) is 13.0 Å². The molecule has 2 N–H and O–H groups in total. The highest BCUT2D eigenvalue weighted by molar-refractivity contribution is 7.17. The maximum Gasteiger partial charge on any atom is 0.260 e. The SMILES string of the molecule is NC(=O)c1cnc(N2CCc3ccccc3C2)s1. The molecule has 1 aliphatic heterocycles. The molecule has 0 unspecified atom stereocenters. The number of benzene rings is 1. The van der Waals surface area contributed by atoms with E-state index in [-0.39, 0.29) is 0 Å². The highest BCUT2D eigenvalue weighted by Gasteiger charge is 2.19. The third-order valence-electron chi connectivity index (χ3n) is 3.14. The fourth-order valence-electron chi connectivity index (χ4n) is 2.18. The molecule has 3 rings (SSSR count). The summed E-state index contributed by atoms with van der Waals surface area (Å²) in [6, 6.07) is 8.44. The number of thiazole rings is 1. The zero-order valence-electron chi connectivity index (χ0n) is 9.80. The van der Waals surface area contributed by atoms with E-state index >= 15 is 0 Å². The molecule has 0 bridgehead atoms. The van der Waals surface area contributed by atoms with Crippen molar-refractivity contribution in [3.8, 4) is 0 Å². The Bertz CT molecular complexity index is 593. The molecule has 1 amide bonds. The molecule has 1 aromatic heterocycles. The van der Waals surface area contributed by atoms with Crippen LogP contribution in [-0.2, 0) is 13.0 Å². The zero-order valence-corrected chi connectivity index (χ0v) is 10.6. The number of amides is 1. The van der Waals surface area contributed by atoms with Gasteiger partial charge in [-0.3, -0.25) is 4.79 Å². The van der Waals surface area contributed by atoms with E-state index in [4.69, 9.17) is 5.73 Å². The van der Waals surface area contributed by atoms with Gasteiger partial charge in [-0.1, -0.05) is 35.6 Å². The minimum Gasteiger partial charge on any atom is -0.365 e. The molecule has 0 atom stereocenters. The van der Waals surface area contributed by atoms with Crippen LogP contribution in [0.3, 0.4) is 0 Å². The van der Waals surface area contributed by atoms with Crippen LogP contribution in [0.5, 0.6) is 0 Å². The summed E-state index contributed by atoms with van der Waals surface area (Å²) in [4.78, 5) is 18.1. The van der Waals surface area contributed by atoms with Gasteiger partial charge in [0.05, 0.1) is 6.20 Å². The number of primary amides is 1. The third-order valence-corrected chi connectivity index (χ3v) is 4.21. The zero-order chi connectivity index (χ0) is 12.5. The molecular weight excluding hydrogens is 246 g/mol. The summed E-state index contributed by atoms with van der Waals surface area (Å²) in [7, 11) is 0. The Morgan fingerprint density at radius 2 is 2.11 bits per heavy atom. The Morgan fingerprint density at radius 1 is 1.33 bits per heavy atom. The van der Waals surface area contributed by atoms with Crippen molar-refractivity contribution in [1.29, 1.82) is 0 Å². The van der Waals surface area contributed by atoms with Crippen LogP contribution < -0.4 is 10.6 Å². The van der Waals surface area contributed by atoms with Crippen molar-refractivity contribution in [2.75, 3.05) is 11.4 Å². The lowest BCUT2D eigenvalue weighted by Gasteiger charge is -2.28. The molecule has 0 saturated carbocycles. The summed E-state index contributed by atoms with van der Waals surface area (Å²) in [5.74, 6) is -0.406. The fourth-order valence-corrected chi connectivity index (χ4v) is 2.98. The van der Waals surface area contributed by atoms with E-state index in [1.165, 1.54) is 22.5 Å². The van der Waals surface area contributed by atoms with E-state index in [0.717, 1.165) is 24.6 Å². The average Bonchev–Trinajstić information content (AvgIpc) is 2.88. The highest BCUT2D eigenvalue weighted by Crippen LogP contribution is 2.27. The average molecular weight is 259 g/mol. The largest absolute Gasteiger partial charge is 0.365 e. The predicted molar refractivity (Wildman–Crippen MR) is 71.8 cm³/mol. The van der Waals surface area contributed by atoms with Crippen LogP contribution in [0.25, 0.3) is 0 Å². The number of nitrogens with two attached hydrogens (primary N) is 1. The van der Waals surface area contributed by atoms with E-state index in [1.807, 2.05) is 0 Å². The molecular formula is C13H13N3OS. The summed E-state index contributed by atoms with van der Waals surface area (Å²) in [5, 5.41) is 0.873. The number of carbonyl (C=O) groups excluding carboxylic acids is 1. The van der Waals surface area contributed by atoms with Gasteiger partial charge in [-0.2, -0.15) is 0 Å². The molecule has 92 valence electrons. The number of anilines is 1. The van der Waals surface area contributed by atoms with Crippen molar-refractivity contribution in [1.82, 2.24) is 4.98 Å². The summed E-state index contributed by atoms with van der Waals surface area (Å²) < 4.78 is 0. The Morgan fingerprint density at radius 3 is 2.83 bits per heavy atom. The van der Waals surface area contributed by atoms with Crippen LogP contribution in [0.2, 0.25) is 0 Å². The Labute approximate surface area is 109 Å². The van der Waals surface area contributed by atoms with E-state index in [0.29, 0.717) is 4.88 Å². The first kappa shape index (κ1) is 11.2. The van der Waals surface area contributed by atoms with Crippen LogP contribution in [-0.4, -0.2) is 17.4 Å². The van der Waals surface area contributed by atoms with Crippen molar-refractivity contribution < 1.29 is 4.79 Å². The first-order chi connectivity index (χ1) is 8.74. The van der Waals surface area contributed by atoms with Gasteiger partial charge in [0.15, 0.2) is 5.13 Å². The fraction of sp³-hybridized carbons (Fsp3) is 0.231. The lowest BCUT2D eigenvalue weighted by atomic mass is 10.0. The molecule has 0 aliphatic carbocycles. The molecule has 0 spiro atoms. The van der Waals surface area contributed by atoms with Crippen molar-refractivity contribution >= 4 is 22.4 Å². The molecule has 0 saturated heterocycles. The number of nitrogens with zero attached hydrogens (tertiary/aromatic N) is 2. The number of rotatable bonds is 2. The predicted octanol–water partition coefficient (Wildman–Crippen LogP) is 1.80. The maximum absolute atomic E-state index is 11.1. The lowest BCUT2D eigenvalue weighted by molar-refractivity contribution is 0.100. The first-order valence-corrected chi connectivity index (χ1v) is 6.63. The minimum atomic E-state index is -0.406. The topological polar surface area (TPSA) is 59.2 Å². The minimum absolute atomic E-state index is 0.406. The quantitative estimate of drug-likeness (QED) is 0.894. The molecule has 18 heavy (non-hydrogen) atoms. The second-order valence-corrected chi connectivity index (χ2v) is 5.32. The van der Waals surface area contributed by atoms with Crippen molar-refractivity contribution in [2.24, 2.45) is 5.73 Å². The van der Waals surface area contributed by atoms with Gasteiger partial charge in [-0.25, -0.2) is 4.98 Å². The molecule has 0 radical (unpaired) electrons. The molecule has 4 nitrogen and oxygen atoms in total. The normalized spacial score (nSPS) is 14.3. The second-order valence-electron chi connectivity index (χ2n) is 4.31. The van der Waals surface area contributed by atoms with E-state index in [9.17, 15) is 4.79 Å². The summed E-state index contributed by atoms with van der Waals surface area (Å²) in [6.07, 6.45) is 2.57. The smallest absolute Gasteiger partial charge is 0.260 e. The summed E-state index contributed by atoms with van der Waals surface area (Å²) in [5.41, 5.74) is 7.98. The molecule has 5 heteroatoms. The first-order valence-electron chi connectivity index (χ1n) is 5.81. The Hall–Kier alpha value is -1.88. The third kappa shape index (κ3) is 1.97.